The first-order valence-electron chi connectivity index (χ1n) is 15.5. The molecular weight excluding hydrogens is 458 g/mol. The minimum absolute atomic E-state index is 0.682. The summed E-state index contributed by atoms with van der Waals surface area (Å²) in [5.74, 6) is 1.40. The van der Waals surface area contributed by atoms with Crippen molar-refractivity contribution in [2.24, 2.45) is 5.92 Å². The van der Waals surface area contributed by atoms with Crippen LogP contribution in [0.25, 0.3) is 0 Å². The van der Waals surface area contributed by atoms with Gasteiger partial charge in [-0.1, -0.05) is 113 Å². The fourth-order valence-electron chi connectivity index (χ4n) is 6.28. The van der Waals surface area contributed by atoms with Gasteiger partial charge in [0.1, 0.15) is 0 Å². The highest BCUT2D eigenvalue weighted by Crippen LogP contribution is 2.34. The molecule has 1 nitrogen and oxygen atoms in total. The van der Waals surface area contributed by atoms with Gasteiger partial charge < -0.3 is 5.32 Å². The Hall–Kier alpha value is -2.38. The number of benzene rings is 2. The summed E-state index contributed by atoms with van der Waals surface area (Å²) in [6.45, 7) is 15.0. The Morgan fingerprint density at radius 1 is 0.895 bits per heavy atom. The molecule has 0 spiro atoms. The number of aryl methyl sites for hydroxylation is 3. The molecule has 2 aromatic rings. The molecule has 0 saturated carbocycles. The van der Waals surface area contributed by atoms with Gasteiger partial charge in [-0.15, -0.1) is 0 Å². The molecule has 2 unspecified atom stereocenters. The lowest BCUT2D eigenvalue weighted by molar-refractivity contribution is 0.303. The van der Waals surface area contributed by atoms with Crippen LogP contribution in [0, 0.1) is 5.92 Å². The molecule has 0 aromatic heterocycles. The molecule has 206 valence electrons. The van der Waals surface area contributed by atoms with E-state index in [4.69, 9.17) is 0 Å². The first-order valence-corrected chi connectivity index (χ1v) is 15.5. The molecule has 0 bridgehead atoms. The topological polar surface area (TPSA) is 12.0 Å². The Bertz CT molecular complexity index is 996. The van der Waals surface area contributed by atoms with Crippen LogP contribution >= 0.6 is 0 Å². The Kier molecular flexibility index (Phi) is 13.7. The Balaban J connectivity index is 1.42. The van der Waals surface area contributed by atoms with E-state index in [2.05, 4.69) is 86.9 Å². The molecule has 1 saturated heterocycles. The second kappa shape index (κ2) is 17.3. The lowest BCUT2D eigenvalue weighted by Gasteiger charge is -2.33. The van der Waals surface area contributed by atoms with Crippen molar-refractivity contribution in [3.8, 4) is 0 Å². The van der Waals surface area contributed by atoms with E-state index in [0.29, 0.717) is 5.92 Å². The maximum atomic E-state index is 4.33. The summed E-state index contributed by atoms with van der Waals surface area (Å²) in [6.07, 6.45) is 20.1. The van der Waals surface area contributed by atoms with Crippen molar-refractivity contribution < 1.29 is 0 Å². The molecule has 2 atom stereocenters. The van der Waals surface area contributed by atoms with Crippen LogP contribution in [0.15, 0.2) is 85.0 Å². The van der Waals surface area contributed by atoms with Crippen molar-refractivity contribution in [1.82, 2.24) is 5.32 Å². The third-order valence-corrected chi connectivity index (χ3v) is 8.52. The minimum Gasteiger partial charge on any atom is -0.316 e. The first kappa shape index (κ1) is 30.2. The molecule has 1 N–H and O–H groups in total. The maximum Gasteiger partial charge on any atom is -0.00147 e. The molecule has 0 aliphatic carbocycles. The summed E-state index contributed by atoms with van der Waals surface area (Å²) in [5.41, 5.74) is 8.82. The average molecular weight is 512 g/mol. The molecular formula is C37H53N. The molecule has 1 aliphatic rings. The van der Waals surface area contributed by atoms with E-state index in [9.17, 15) is 0 Å². The zero-order valence-electron chi connectivity index (χ0n) is 24.4. The fourth-order valence-corrected chi connectivity index (χ4v) is 6.28. The van der Waals surface area contributed by atoms with E-state index in [1.54, 1.807) is 11.1 Å². The molecule has 38 heavy (non-hydrogen) atoms. The number of nitrogens with one attached hydrogen (secondary N) is 1. The number of unbranched alkanes of at least 4 members (excludes halogenated alkanes) is 3. The van der Waals surface area contributed by atoms with E-state index in [0.717, 1.165) is 44.7 Å². The summed E-state index contributed by atoms with van der Waals surface area (Å²) < 4.78 is 0. The van der Waals surface area contributed by atoms with Gasteiger partial charge in [0.05, 0.1) is 0 Å². The van der Waals surface area contributed by atoms with Gasteiger partial charge >= 0.3 is 0 Å². The third-order valence-electron chi connectivity index (χ3n) is 8.52. The van der Waals surface area contributed by atoms with Crippen LogP contribution in [-0.2, 0) is 19.3 Å². The van der Waals surface area contributed by atoms with Gasteiger partial charge in [0.25, 0.3) is 0 Å². The molecule has 3 rings (SSSR count). The van der Waals surface area contributed by atoms with E-state index >= 15 is 0 Å². The van der Waals surface area contributed by atoms with Crippen molar-refractivity contribution >= 4 is 0 Å². The highest BCUT2D eigenvalue weighted by molar-refractivity contribution is 5.31. The molecule has 2 aromatic carbocycles. The van der Waals surface area contributed by atoms with Crippen LogP contribution in [0.3, 0.4) is 0 Å². The van der Waals surface area contributed by atoms with Gasteiger partial charge in [-0.3, -0.25) is 0 Å². The van der Waals surface area contributed by atoms with Crippen molar-refractivity contribution in [2.75, 3.05) is 13.1 Å². The minimum atomic E-state index is 0.682. The molecule has 1 fully saturated rings. The Labute approximate surface area is 234 Å². The number of hydrogen-bond acceptors (Lipinski definition) is 1. The van der Waals surface area contributed by atoms with Crippen molar-refractivity contribution in [3.05, 3.63) is 107 Å². The number of piperidine rings is 1. The van der Waals surface area contributed by atoms with Crippen LogP contribution in [0.4, 0.5) is 0 Å². The van der Waals surface area contributed by atoms with Gasteiger partial charge in [-0.2, -0.15) is 0 Å². The second-order valence-electron chi connectivity index (χ2n) is 11.3. The van der Waals surface area contributed by atoms with Gasteiger partial charge in [0, 0.05) is 0 Å². The van der Waals surface area contributed by atoms with Crippen LogP contribution < -0.4 is 5.32 Å². The van der Waals surface area contributed by atoms with Crippen molar-refractivity contribution in [3.63, 3.8) is 0 Å². The monoisotopic (exact) mass is 511 g/mol. The van der Waals surface area contributed by atoms with E-state index in [1.807, 2.05) is 6.08 Å². The SMILES string of the molecule is C=C/C=C(/CCCC1CNCCC1c1ccc(CCCCCCc2ccccc2CC)cc1)C(=C)CCC. The lowest BCUT2D eigenvalue weighted by atomic mass is 9.78. The van der Waals surface area contributed by atoms with Crippen LogP contribution in [0.2, 0.25) is 0 Å². The quantitative estimate of drug-likeness (QED) is 0.165. The van der Waals surface area contributed by atoms with Gasteiger partial charge in [0.15, 0.2) is 0 Å². The fraction of sp³-hybridized carbons (Fsp3) is 0.514. The summed E-state index contributed by atoms with van der Waals surface area (Å²) in [6, 6.07) is 18.6. The summed E-state index contributed by atoms with van der Waals surface area (Å²) in [4.78, 5) is 0. The summed E-state index contributed by atoms with van der Waals surface area (Å²) in [5, 5.41) is 3.67. The first-order chi connectivity index (χ1) is 18.7. The van der Waals surface area contributed by atoms with Gasteiger partial charge in [-0.25, -0.2) is 0 Å². The lowest BCUT2D eigenvalue weighted by Crippen LogP contribution is -2.35. The standard InChI is InChI=1S/C37H53N/c1-5-15-30(4)33(16-6-2)21-14-22-36-29-38-28-27-37(36)35-25-23-31(24-26-35)17-10-8-9-11-19-34-20-13-12-18-32(34)7-3/h6,12-13,16,18,20,23-26,36-38H,2,4-5,7-11,14-15,17,19,21-22,27-29H2,1,3H3/b33-16-. The van der Waals surface area contributed by atoms with Crippen LogP contribution in [0.1, 0.15) is 106 Å². The summed E-state index contributed by atoms with van der Waals surface area (Å²) >= 11 is 0. The Morgan fingerprint density at radius 3 is 2.34 bits per heavy atom. The molecule has 0 radical (unpaired) electrons. The van der Waals surface area contributed by atoms with Gasteiger partial charge in [0.2, 0.25) is 0 Å². The van der Waals surface area contributed by atoms with Crippen LogP contribution in [-0.4, -0.2) is 13.1 Å². The smallest absolute Gasteiger partial charge is 0.00147 e. The normalized spacial score (nSPS) is 17.9. The molecule has 1 aliphatic heterocycles. The Morgan fingerprint density at radius 2 is 1.63 bits per heavy atom. The zero-order chi connectivity index (χ0) is 27.0. The van der Waals surface area contributed by atoms with Gasteiger partial charge in [-0.05, 0) is 117 Å². The number of allylic oxidation sites excluding steroid dienone is 4. The molecule has 0 amide bonds. The number of rotatable bonds is 17. The highest BCUT2D eigenvalue weighted by atomic mass is 14.9. The average Bonchev–Trinajstić information content (AvgIpc) is 2.95. The predicted molar refractivity (Wildman–Crippen MR) is 168 cm³/mol. The third kappa shape index (κ3) is 9.73. The van der Waals surface area contributed by atoms with E-state index in [-0.39, 0.29) is 0 Å². The molecule has 1 heteroatoms. The second-order valence-corrected chi connectivity index (χ2v) is 11.3. The summed E-state index contributed by atoms with van der Waals surface area (Å²) in [7, 11) is 0. The largest absolute Gasteiger partial charge is 0.316 e. The van der Waals surface area contributed by atoms with Crippen molar-refractivity contribution in [1.29, 1.82) is 0 Å². The van der Waals surface area contributed by atoms with E-state index < -0.39 is 0 Å². The predicted octanol–water partition coefficient (Wildman–Crippen LogP) is 9.93. The van der Waals surface area contributed by atoms with Crippen LogP contribution in [0.5, 0.6) is 0 Å². The van der Waals surface area contributed by atoms with E-state index in [1.165, 1.54) is 80.1 Å². The maximum absolute atomic E-state index is 4.33. The zero-order valence-corrected chi connectivity index (χ0v) is 24.4. The highest BCUT2D eigenvalue weighted by Gasteiger charge is 2.26. The van der Waals surface area contributed by atoms with Crippen molar-refractivity contribution in [2.45, 2.75) is 103 Å². The molecule has 1 heterocycles. The number of hydrogen-bond donors (Lipinski definition) is 1.